The van der Waals surface area contributed by atoms with Crippen LogP contribution in [0.1, 0.15) is 39.4 Å². The summed E-state index contributed by atoms with van der Waals surface area (Å²) in [5.74, 6) is -1.44. The molecule has 0 aliphatic rings. The zero-order chi connectivity index (χ0) is 20.0. The Labute approximate surface area is 157 Å². The highest BCUT2D eigenvalue weighted by Gasteiger charge is 2.25. The Balaban J connectivity index is 2.03. The number of ether oxygens (including phenoxy) is 2. The summed E-state index contributed by atoms with van der Waals surface area (Å²) in [5.41, 5.74) is 0.327. The maximum Gasteiger partial charge on any atom is 0.313 e. The number of aromatic nitrogens is 2. The molecular formula is C19H23N3O5. The van der Waals surface area contributed by atoms with Gasteiger partial charge in [0.1, 0.15) is 0 Å². The van der Waals surface area contributed by atoms with Crippen molar-refractivity contribution in [3.05, 3.63) is 48.3 Å². The third-order valence-corrected chi connectivity index (χ3v) is 3.47. The van der Waals surface area contributed by atoms with E-state index < -0.39 is 23.4 Å². The van der Waals surface area contributed by atoms with E-state index in [0.717, 1.165) is 0 Å². The molecule has 1 atom stereocenters. The SMILES string of the molecule is CC(=O)OC(C(=O)Nc1cnn(COC(=O)C(C)(C)C)c1)c1ccccc1. The van der Waals surface area contributed by atoms with Gasteiger partial charge in [-0.2, -0.15) is 5.10 Å². The largest absolute Gasteiger partial charge is 0.447 e. The number of esters is 2. The number of amides is 1. The molecule has 0 aliphatic carbocycles. The van der Waals surface area contributed by atoms with Crippen molar-refractivity contribution in [2.45, 2.75) is 40.5 Å². The minimum Gasteiger partial charge on any atom is -0.447 e. The number of hydrogen-bond donors (Lipinski definition) is 1. The second kappa shape index (κ2) is 8.48. The van der Waals surface area contributed by atoms with Gasteiger partial charge in [0.05, 0.1) is 23.5 Å². The predicted octanol–water partition coefficient (Wildman–Crippen LogP) is 2.67. The average molecular weight is 373 g/mol. The lowest BCUT2D eigenvalue weighted by atomic mass is 9.98. The van der Waals surface area contributed by atoms with Crippen LogP contribution in [0.3, 0.4) is 0 Å². The van der Waals surface area contributed by atoms with Crippen LogP contribution < -0.4 is 5.32 Å². The summed E-state index contributed by atoms with van der Waals surface area (Å²) in [7, 11) is 0. The molecule has 2 rings (SSSR count). The van der Waals surface area contributed by atoms with Crippen molar-refractivity contribution in [3.63, 3.8) is 0 Å². The smallest absolute Gasteiger partial charge is 0.313 e. The molecule has 0 saturated heterocycles. The summed E-state index contributed by atoms with van der Waals surface area (Å²) in [5, 5.41) is 6.68. The molecule has 0 radical (unpaired) electrons. The van der Waals surface area contributed by atoms with Gasteiger partial charge in [0, 0.05) is 12.5 Å². The molecule has 0 spiro atoms. The van der Waals surface area contributed by atoms with E-state index in [0.29, 0.717) is 11.3 Å². The molecule has 0 bridgehead atoms. The fourth-order valence-corrected chi connectivity index (χ4v) is 2.11. The summed E-state index contributed by atoms with van der Waals surface area (Å²) in [6, 6.07) is 8.70. The molecule has 1 N–H and O–H groups in total. The first-order chi connectivity index (χ1) is 12.7. The van der Waals surface area contributed by atoms with Crippen LogP contribution in [0, 0.1) is 5.41 Å². The summed E-state index contributed by atoms with van der Waals surface area (Å²) in [6.07, 6.45) is 1.85. The van der Waals surface area contributed by atoms with Crippen LogP contribution in [-0.2, 0) is 30.6 Å². The monoisotopic (exact) mass is 373 g/mol. The fourth-order valence-electron chi connectivity index (χ4n) is 2.11. The number of carbonyl (C=O) groups excluding carboxylic acids is 3. The molecule has 2 aromatic rings. The third-order valence-electron chi connectivity index (χ3n) is 3.47. The molecule has 1 aromatic carbocycles. The summed E-state index contributed by atoms with van der Waals surface area (Å²) in [4.78, 5) is 35.7. The highest BCUT2D eigenvalue weighted by Crippen LogP contribution is 2.20. The van der Waals surface area contributed by atoms with Gasteiger partial charge in [0.15, 0.2) is 6.73 Å². The van der Waals surface area contributed by atoms with Crippen LogP contribution >= 0.6 is 0 Å². The Kier molecular flexibility index (Phi) is 6.33. The molecule has 0 aliphatic heterocycles. The molecule has 0 fully saturated rings. The number of nitrogens with one attached hydrogen (secondary N) is 1. The van der Waals surface area contributed by atoms with E-state index in [1.807, 2.05) is 0 Å². The normalized spacial score (nSPS) is 12.1. The third kappa shape index (κ3) is 5.95. The minimum absolute atomic E-state index is 0.0714. The van der Waals surface area contributed by atoms with Crippen molar-refractivity contribution < 1.29 is 23.9 Å². The Bertz CT molecular complexity index is 808. The van der Waals surface area contributed by atoms with Crippen molar-refractivity contribution >= 4 is 23.5 Å². The maximum absolute atomic E-state index is 12.5. The highest BCUT2D eigenvalue weighted by atomic mass is 16.6. The molecule has 27 heavy (non-hydrogen) atoms. The maximum atomic E-state index is 12.5. The van der Waals surface area contributed by atoms with E-state index in [1.165, 1.54) is 24.0 Å². The van der Waals surface area contributed by atoms with Crippen LogP contribution in [0.15, 0.2) is 42.7 Å². The lowest BCUT2D eigenvalue weighted by molar-refractivity contribution is -0.157. The Morgan fingerprint density at radius 1 is 1.19 bits per heavy atom. The van der Waals surface area contributed by atoms with Gasteiger partial charge < -0.3 is 14.8 Å². The van der Waals surface area contributed by atoms with Crippen LogP contribution in [0.25, 0.3) is 0 Å². The molecule has 144 valence electrons. The number of nitrogens with zero attached hydrogens (tertiary/aromatic N) is 2. The molecular weight excluding hydrogens is 350 g/mol. The van der Waals surface area contributed by atoms with E-state index >= 15 is 0 Å². The van der Waals surface area contributed by atoms with E-state index in [4.69, 9.17) is 9.47 Å². The lowest BCUT2D eigenvalue weighted by Crippen LogP contribution is -2.25. The summed E-state index contributed by atoms with van der Waals surface area (Å²) >= 11 is 0. The van der Waals surface area contributed by atoms with Crippen LogP contribution in [0.4, 0.5) is 5.69 Å². The highest BCUT2D eigenvalue weighted by molar-refractivity contribution is 5.95. The van der Waals surface area contributed by atoms with Crippen molar-refractivity contribution in [2.75, 3.05) is 5.32 Å². The Hall–Kier alpha value is -3.16. The van der Waals surface area contributed by atoms with Crippen LogP contribution in [0.2, 0.25) is 0 Å². The van der Waals surface area contributed by atoms with Gasteiger partial charge in [-0.25, -0.2) is 4.68 Å². The molecule has 1 aromatic heterocycles. The zero-order valence-electron chi connectivity index (χ0n) is 15.8. The van der Waals surface area contributed by atoms with E-state index in [-0.39, 0.29) is 12.7 Å². The Morgan fingerprint density at radius 2 is 1.85 bits per heavy atom. The van der Waals surface area contributed by atoms with Crippen molar-refractivity contribution in [2.24, 2.45) is 5.41 Å². The quantitative estimate of drug-likeness (QED) is 0.782. The molecule has 1 heterocycles. The van der Waals surface area contributed by atoms with Gasteiger partial charge in [-0.1, -0.05) is 30.3 Å². The first kappa shape index (κ1) is 20.2. The van der Waals surface area contributed by atoms with Crippen molar-refractivity contribution in [1.82, 2.24) is 9.78 Å². The predicted molar refractivity (Wildman–Crippen MR) is 97.4 cm³/mol. The molecule has 8 nitrogen and oxygen atoms in total. The molecule has 1 amide bonds. The van der Waals surface area contributed by atoms with E-state index in [2.05, 4.69) is 10.4 Å². The topological polar surface area (TPSA) is 99.5 Å². The van der Waals surface area contributed by atoms with Gasteiger partial charge in [0.2, 0.25) is 6.10 Å². The summed E-state index contributed by atoms with van der Waals surface area (Å²) < 4.78 is 11.7. The lowest BCUT2D eigenvalue weighted by Gasteiger charge is -2.16. The molecule has 0 saturated carbocycles. The summed E-state index contributed by atoms with van der Waals surface area (Å²) in [6.45, 7) is 6.43. The number of benzene rings is 1. The first-order valence-electron chi connectivity index (χ1n) is 8.39. The first-order valence-corrected chi connectivity index (χ1v) is 8.39. The van der Waals surface area contributed by atoms with Gasteiger partial charge in [0.25, 0.3) is 5.91 Å². The van der Waals surface area contributed by atoms with Gasteiger partial charge in [-0.05, 0) is 20.8 Å². The van der Waals surface area contributed by atoms with E-state index in [9.17, 15) is 14.4 Å². The average Bonchev–Trinajstić information content (AvgIpc) is 3.04. The van der Waals surface area contributed by atoms with Crippen LogP contribution in [-0.4, -0.2) is 27.6 Å². The molecule has 1 unspecified atom stereocenters. The van der Waals surface area contributed by atoms with E-state index in [1.54, 1.807) is 51.1 Å². The zero-order valence-corrected chi connectivity index (χ0v) is 15.8. The van der Waals surface area contributed by atoms with Gasteiger partial charge >= 0.3 is 11.9 Å². The second-order valence-electron chi connectivity index (χ2n) is 6.97. The standard InChI is InChI=1S/C19H23N3O5/c1-13(23)27-16(14-8-6-5-7-9-14)17(24)21-15-10-20-22(11-15)12-26-18(25)19(2,3)4/h5-11,16H,12H2,1-4H3,(H,21,24). The number of rotatable bonds is 6. The number of carbonyl (C=O) groups is 3. The molecule has 8 heteroatoms. The number of anilines is 1. The fraction of sp³-hybridized carbons (Fsp3) is 0.368. The van der Waals surface area contributed by atoms with Crippen molar-refractivity contribution in [1.29, 1.82) is 0 Å². The second-order valence-corrected chi connectivity index (χ2v) is 6.97. The van der Waals surface area contributed by atoms with Crippen molar-refractivity contribution in [3.8, 4) is 0 Å². The minimum atomic E-state index is -1.08. The van der Waals surface area contributed by atoms with Gasteiger partial charge in [-0.15, -0.1) is 0 Å². The Morgan fingerprint density at radius 3 is 2.44 bits per heavy atom. The van der Waals surface area contributed by atoms with Crippen LogP contribution in [0.5, 0.6) is 0 Å². The van der Waals surface area contributed by atoms with Gasteiger partial charge in [-0.3, -0.25) is 14.4 Å². The number of hydrogen-bond acceptors (Lipinski definition) is 6.